The number of ether oxygens (including phenoxy) is 2. The van der Waals surface area contributed by atoms with Crippen molar-refractivity contribution in [1.29, 1.82) is 0 Å². The molecule has 0 aromatic heterocycles. The monoisotopic (exact) mass is 356 g/mol. The van der Waals surface area contributed by atoms with E-state index in [2.05, 4.69) is 10.6 Å². The van der Waals surface area contributed by atoms with Gasteiger partial charge in [-0.15, -0.1) is 0 Å². The third-order valence-corrected chi connectivity index (χ3v) is 3.93. The lowest BCUT2D eigenvalue weighted by Crippen LogP contribution is -2.36. The van der Waals surface area contributed by atoms with Gasteiger partial charge in [0.25, 0.3) is 11.8 Å². The van der Waals surface area contributed by atoms with Gasteiger partial charge in [0.05, 0.1) is 12.7 Å². The van der Waals surface area contributed by atoms with Gasteiger partial charge < -0.3 is 20.1 Å². The van der Waals surface area contributed by atoms with Gasteiger partial charge in [-0.25, -0.2) is 0 Å². The van der Waals surface area contributed by atoms with Gasteiger partial charge in [0.15, 0.2) is 6.61 Å². The van der Waals surface area contributed by atoms with E-state index in [4.69, 9.17) is 9.47 Å². The Morgan fingerprint density at radius 3 is 2.42 bits per heavy atom. The molecule has 0 fully saturated rings. The van der Waals surface area contributed by atoms with Crippen LogP contribution in [0.25, 0.3) is 0 Å². The Hall–Kier alpha value is -3.02. The van der Waals surface area contributed by atoms with Crippen LogP contribution in [0.1, 0.15) is 21.5 Å². The topological polar surface area (TPSA) is 76.7 Å². The predicted octanol–water partition coefficient (Wildman–Crippen LogP) is 2.24. The summed E-state index contributed by atoms with van der Waals surface area (Å²) < 4.78 is 10.6. The number of para-hydroxylation sites is 1. The summed E-state index contributed by atoms with van der Waals surface area (Å²) in [6.45, 7) is 4.57. The van der Waals surface area contributed by atoms with E-state index in [1.807, 2.05) is 32.0 Å². The van der Waals surface area contributed by atoms with Crippen LogP contribution >= 0.6 is 0 Å². The molecule has 6 heteroatoms. The van der Waals surface area contributed by atoms with E-state index in [9.17, 15) is 9.59 Å². The summed E-state index contributed by atoms with van der Waals surface area (Å²) in [7, 11) is 1.52. The standard InChI is InChI=1S/C20H24N2O4/c1-14-8-9-16(12-15(14)2)26-13-19(23)21-10-11-22-20(24)17-6-4-5-7-18(17)25-3/h4-9,12H,10-11,13H2,1-3H3,(H,21,23)(H,22,24). The molecular weight excluding hydrogens is 332 g/mol. The van der Waals surface area contributed by atoms with E-state index in [-0.39, 0.29) is 18.4 Å². The number of carbonyl (C=O) groups is 2. The highest BCUT2D eigenvalue weighted by molar-refractivity contribution is 5.96. The lowest BCUT2D eigenvalue weighted by Gasteiger charge is -2.11. The molecular formula is C20H24N2O4. The second kappa shape index (κ2) is 9.46. The molecule has 0 spiro atoms. The molecule has 0 saturated heterocycles. The summed E-state index contributed by atoms with van der Waals surface area (Å²) in [4.78, 5) is 23.9. The summed E-state index contributed by atoms with van der Waals surface area (Å²) in [5.41, 5.74) is 2.74. The first-order chi connectivity index (χ1) is 12.5. The maximum atomic E-state index is 12.1. The van der Waals surface area contributed by atoms with Gasteiger partial charge in [0.1, 0.15) is 11.5 Å². The molecule has 0 aliphatic heterocycles. The Balaban J connectivity index is 1.69. The molecule has 0 aliphatic rings. The first-order valence-electron chi connectivity index (χ1n) is 8.39. The molecule has 0 atom stereocenters. The molecule has 26 heavy (non-hydrogen) atoms. The van der Waals surface area contributed by atoms with E-state index in [1.165, 1.54) is 12.7 Å². The van der Waals surface area contributed by atoms with Crippen LogP contribution in [0.5, 0.6) is 11.5 Å². The van der Waals surface area contributed by atoms with E-state index < -0.39 is 0 Å². The number of hydrogen-bond acceptors (Lipinski definition) is 4. The van der Waals surface area contributed by atoms with Gasteiger partial charge in [0, 0.05) is 13.1 Å². The second-order valence-electron chi connectivity index (χ2n) is 5.84. The van der Waals surface area contributed by atoms with Crippen LogP contribution in [0.3, 0.4) is 0 Å². The average Bonchev–Trinajstić information content (AvgIpc) is 2.66. The minimum absolute atomic E-state index is 0.0665. The Kier molecular flexibility index (Phi) is 7.02. The van der Waals surface area contributed by atoms with Gasteiger partial charge in [-0.05, 0) is 49.2 Å². The normalized spacial score (nSPS) is 10.1. The van der Waals surface area contributed by atoms with Crippen molar-refractivity contribution >= 4 is 11.8 Å². The Labute approximate surface area is 153 Å². The Morgan fingerprint density at radius 1 is 0.962 bits per heavy atom. The molecule has 2 aromatic rings. The van der Waals surface area contributed by atoms with Crippen molar-refractivity contribution in [1.82, 2.24) is 10.6 Å². The van der Waals surface area contributed by atoms with Crippen molar-refractivity contribution in [3.05, 3.63) is 59.2 Å². The van der Waals surface area contributed by atoms with Crippen LogP contribution in [0.2, 0.25) is 0 Å². The molecule has 0 radical (unpaired) electrons. The number of nitrogens with one attached hydrogen (secondary N) is 2. The number of carbonyl (C=O) groups excluding carboxylic acids is 2. The number of aryl methyl sites for hydroxylation is 2. The van der Waals surface area contributed by atoms with Crippen molar-refractivity contribution < 1.29 is 19.1 Å². The molecule has 0 unspecified atom stereocenters. The van der Waals surface area contributed by atoms with Gasteiger partial charge in [0.2, 0.25) is 0 Å². The molecule has 138 valence electrons. The van der Waals surface area contributed by atoms with Crippen molar-refractivity contribution in [2.24, 2.45) is 0 Å². The fraction of sp³-hybridized carbons (Fsp3) is 0.300. The van der Waals surface area contributed by atoms with Gasteiger partial charge in [-0.3, -0.25) is 9.59 Å². The number of benzene rings is 2. The fourth-order valence-electron chi connectivity index (χ4n) is 2.31. The zero-order valence-electron chi connectivity index (χ0n) is 15.3. The lowest BCUT2D eigenvalue weighted by molar-refractivity contribution is -0.123. The molecule has 2 aromatic carbocycles. The highest BCUT2D eigenvalue weighted by Gasteiger charge is 2.10. The number of methoxy groups -OCH3 is 1. The highest BCUT2D eigenvalue weighted by atomic mass is 16.5. The van der Waals surface area contributed by atoms with Gasteiger partial charge in [-0.1, -0.05) is 18.2 Å². The quantitative estimate of drug-likeness (QED) is 0.711. The fourth-order valence-corrected chi connectivity index (χ4v) is 2.31. The maximum Gasteiger partial charge on any atom is 0.258 e. The SMILES string of the molecule is COc1ccccc1C(=O)NCCNC(=O)COc1ccc(C)c(C)c1. The highest BCUT2D eigenvalue weighted by Crippen LogP contribution is 2.17. The molecule has 2 amide bonds. The van der Waals surface area contributed by atoms with Crippen LogP contribution in [0.4, 0.5) is 0 Å². The van der Waals surface area contributed by atoms with Crippen LogP contribution in [0.15, 0.2) is 42.5 Å². The van der Waals surface area contributed by atoms with Gasteiger partial charge in [-0.2, -0.15) is 0 Å². The number of hydrogen-bond donors (Lipinski definition) is 2. The zero-order chi connectivity index (χ0) is 18.9. The zero-order valence-corrected chi connectivity index (χ0v) is 15.3. The largest absolute Gasteiger partial charge is 0.496 e. The molecule has 6 nitrogen and oxygen atoms in total. The van der Waals surface area contributed by atoms with Crippen LogP contribution < -0.4 is 20.1 Å². The van der Waals surface area contributed by atoms with E-state index >= 15 is 0 Å². The number of rotatable bonds is 8. The smallest absolute Gasteiger partial charge is 0.258 e. The van der Waals surface area contributed by atoms with E-state index in [0.717, 1.165) is 5.56 Å². The summed E-state index contributed by atoms with van der Waals surface area (Å²) >= 11 is 0. The predicted molar refractivity (Wildman–Crippen MR) is 99.7 cm³/mol. The second-order valence-corrected chi connectivity index (χ2v) is 5.84. The van der Waals surface area contributed by atoms with Crippen LogP contribution in [0, 0.1) is 13.8 Å². The molecule has 0 aliphatic carbocycles. The third kappa shape index (κ3) is 5.51. The molecule has 0 saturated carbocycles. The summed E-state index contributed by atoms with van der Waals surface area (Å²) in [5.74, 6) is 0.682. The van der Waals surface area contributed by atoms with E-state index in [0.29, 0.717) is 30.2 Å². The molecule has 0 bridgehead atoms. The molecule has 0 heterocycles. The summed E-state index contributed by atoms with van der Waals surface area (Å²) in [5, 5.41) is 5.45. The van der Waals surface area contributed by atoms with Crippen molar-refractivity contribution in [3.8, 4) is 11.5 Å². The number of amides is 2. The Bertz CT molecular complexity index is 774. The van der Waals surface area contributed by atoms with Crippen molar-refractivity contribution in [2.75, 3.05) is 26.8 Å². The third-order valence-electron chi connectivity index (χ3n) is 3.93. The van der Waals surface area contributed by atoms with E-state index in [1.54, 1.807) is 24.3 Å². The minimum atomic E-state index is -0.247. The maximum absolute atomic E-state index is 12.1. The average molecular weight is 356 g/mol. The van der Waals surface area contributed by atoms with Crippen LogP contribution in [-0.4, -0.2) is 38.6 Å². The Morgan fingerprint density at radius 2 is 1.69 bits per heavy atom. The summed E-state index contributed by atoms with van der Waals surface area (Å²) in [6.07, 6.45) is 0. The molecule has 2 N–H and O–H groups in total. The van der Waals surface area contributed by atoms with Crippen LogP contribution in [-0.2, 0) is 4.79 Å². The van der Waals surface area contributed by atoms with Crippen molar-refractivity contribution in [2.45, 2.75) is 13.8 Å². The molecule has 2 rings (SSSR count). The van der Waals surface area contributed by atoms with Crippen molar-refractivity contribution in [3.63, 3.8) is 0 Å². The lowest BCUT2D eigenvalue weighted by atomic mass is 10.1. The summed E-state index contributed by atoms with van der Waals surface area (Å²) in [6, 6.07) is 12.7. The first kappa shape index (κ1) is 19.3. The minimum Gasteiger partial charge on any atom is -0.496 e. The first-order valence-corrected chi connectivity index (χ1v) is 8.39. The van der Waals surface area contributed by atoms with Gasteiger partial charge >= 0.3 is 0 Å².